The minimum Gasteiger partial charge on any atom is -0.481 e. The van der Waals surface area contributed by atoms with E-state index in [2.05, 4.69) is 10.6 Å². The minimum absolute atomic E-state index is 0.159. The van der Waals surface area contributed by atoms with Gasteiger partial charge in [0.1, 0.15) is 24.2 Å². The number of cyclic esters (lactones) is 1. The van der Waals surface area contributed by atoms with Crippen LogP contribution in [0, 0.1) is 23.7 Å². The number of hydrogen-bond donors (Lipinski definition) is 3. The van der Waals surface area contributed by atoms with Crippen LogP contribution >= 0.6 is 0 Å². The van der Waals surface area contributed by atoms with Crippen LogP contribution in [0.1, 0.15) is 74.1 Å². The normalized spacial score (nSPS) is 29.7. The molecule has 8 atom stereocenters. The lowest BCUT2D eigenvalue weighted by atomic mass is 9.93. The summed E-state index contributed by atoms with van der Waals surface area (Å²) < 4.78 is 5.47. The molecule has 254 valence electrons. The van der Waals surface area contributed by atoms with E-state index >= 15 is 0 Å². The van der Waals surface area contributed by atoms with E-state index in [1.54, 1.807) is 27.7 Å². The highest BCUT2D eigenvalue weighted by molar-refractivity contribution is 5.96. The number of carboxylic acids is 1. The molecule has 0 bridgehead atoms. The van der Waals surface area contributed by atoms with Crippen molar-refractivity contribution in [2.24, 2.45) is 23.7 Å². The van der Waals surface area contributed by atoms with Crippen LogP contribution in [-0.4, -0.2) is 119 Å². The number of carbonyl (C=O) groups is 7. The molecule has 0 saturated carbocycles. The highest BCUT2D eigenvalue weighted by Gasteiger charge is 2.45. The van der Waals surface area contributed by atoms with Crippen molar-refractivity contribution < 1.29 is 43.4 Å². The molecule has 14 nitrogen and oxygen atoms in total. The summed E-state index contributed by atoms with van der Waals surface area (Å²) in [4.78, 5) is 96.7. The first-order valence-corrected chi connectivity index (χ1v) is 15.8. The van der Waals surface area contributed by atoms with Crippen molar-refractivity contribution in [3.8, 4) is 0 Å². The summed E-state index contributed by atoms with van der Waals surface area (Å²) >= 11 is 0. The van der Waals surface area contributed by atoms with Gasteiger partial charge in [0.25, 0.3) is 5.91 Å². The van der Waals surface area contributed by atoms with Gasteiger partial charge >= 0.3 is 11.9 Å². The van der Waals surface area contributed by atoms with Gasteiger partial charge in [0.15, 0.2) is 6.10 Å². The number of esters is 1. The van der Waals surface area contributed by atoms with Gasteiger partial charge in [-0.1, -0.05) is 48.0 Å². The van der Waals surface area contributed by atoms with Gasteiger partial charge in [-0.05, 0) is 31.1 Å². The Balaban J connectivity index is 2.60. The lowest BCUT2D eigenvalue weighted by Crippen LogP contribution is -2.61. The number of carbonyl (C=O) groups excluding carboxylic acids is 6. The molecule has 2 fully saturated rings. The van der Waals surface area contributed by atoms with Crippen LogP contribution in [0.15, 0.2) is 0 Å². The van der Waals surface area contributed by atoms with E-state index in [9.17, 15) is 38.7 Å². The molecule has 14 heteroatoms. The Morgan fingerprint density at radius 3 is 2.13 bits per heavy atom. The number of likely N-dealkylation sites (N-methyl/N-ethyl adjacent to an activating group) is 2. The summed E-state index contributed by atoms with van der Waals surface area (Å²) in [5.41, 5.74) is 0. The Bertz CT molecular complexity index is 1140. The Morgan fingerprint density at radius 2 is 1.58 bits per heavy atom. The van der Waals surface area contributed by atoms with E-state index in [-0.39, 0.29) is 43.7 Å². The highest BCUT2D eigenvalue weighted by atomic mass is 16.5. The maximum atomic E-state index is 14.0. The van der Waals surface area contributed by atoms with Crippen LogP contribution in [0.3, 0.4) is 0 Å². The van der Waals surface area contributed by atoms with Crippen molar-refractivity contribution in [3.63, 3.8) is 0 Å². The summed E-state index contributed by atoms with van der Waals surface area (Å²) in [5.74, 6) is -6.80. The molecule has 2 aliphatic rings. The number of rotatable bonds is 6. The van der Waals surface area contributed by atoms with Crippen molar-refractivity contribution in [2.75, 3.05) is 27.2 Å². The van der Waals surface area contributed by atoms with E-state index in [0.717, 1.165) is 0 Å². The molecule has 2 rings (SSSR count). The standard InChI is InChI=1S/C31H51N5O9/c1-10-17(4)23-29(41)35(9)24(16(2)3)30(42)34(8)20(7)26(38)32-13-11-22(37)45-21(15-19(6)31(43)44)28(40)36-14-12-18(5)25(36)27(39)33-23/h16-21,23-25H,10-15H2,1-9H3,(H,32,38)(H,33,39)(H,43,44)/t17-,18-,19+,20+,21+,23-,24+,25+/m0/s1. The molecule has 0 aliphatic carbocycles. The zero-order valence-corrected chi connectivity index (χ0v) is 28.0. The summed E-state index contributed by atoms with van der Waals surface area (Å²) in [5, 5.41) is 15.0. The molecule has 5 amide bonds. The highest BCUT2D eigenvalue weighted by Crippen LogP contribution is 2.28. The van der Waals surface area contributed by atoms with Crippen molar-refractivity contribution in [2.45, 2.75) is 104 Å². The van der Waals surface area contributed by atoms with Crippen molar-refractivity contribution in [3.05, 3.63) is 0 Å². The van der Waals surface area contributed by atoms with Crippen LogP contribution in [0.5, 0.6) is 0 Å². The molecular formula is C31H51N5O9. The number of carboxylic acid groups (broad SMARTS) is 1. The molecular weight excluding hydrogens is 586 g/mol. The van der Waals surface area contributed by atoms with E-state index in [1.807, 2.05) is 6.92 Å². The van der Waals surface area contributed by atoms with Crippen molar-refractivity contribution in [1.82, 2.24) is 25.3 Å². The minimum atomic E-state index is -1.48. The topological polar surface area (TPSA) is 183 Å². The maximum absolute atomic E-state index is 14.0. The number of aliphatic carboxylic acids is 1. The monoisotopic (exact) mass is 637 g/mol. The quantitative estimate of drug-likeness (QED) is 0.352. The molecule has 0 radical (unpaired) electrons. The fourth-order valence-electron chi connectivity index (χ4n) is 5.80. The van der Waals surface area contributed by atoms with Gasteiger partial charge in [0.2, 0.25) is 23.6 Å². The SMILES string of the molecule is CC[C@H](C)[C@@H]1NC(=O)[C@H]2[C@@H](C)CCN2C(=O)[C@@H](C[C@@H](C)C(=O)O)OC(=O)CCNC(=O)[C@@H](C)N(C)C(=O)[C@@H](C(C)C)N(C)C1=O. The Hall–Kier alpha value is -3.71. The molecule has 2 saturated heterocycles. The van der Waals surface area contributed by atoms with Crippen LogP contribution in [0.2, 0.25) is 0 Å². The average molecular weight is 638 g/mol. The van der Waals surface area contributed by atoms with Gasteiger partial charge in [-0.2, -0.15) is 0 Å². The number of hydrogen-bond acceptors (Lipinski definition) is 8. The van der Waals surface area contributed by atoms with E-state index in [1.165, 1.54) is 42.6 Å². The summed E-state index contributed by atoms with van der Waals surface area (Å²) in [6.07, 6.45) is -1.12. The van der Waals surface area contributed by atoms with Gasteiger partial charge in [-0.15, -0.1) is 0 Å². The number of fused-ring (bicyclic) bond motifs is 1. The molecule has 0 spiro atoms. The fourth-order valence-corrected chi connectivity index (χ4v) is 5.80. The van der Waals surface area contributed by atoms with E-state index in [4.69, 9.17) is 4.74 Å². The predicted molar refractivity (Wildman–Crippen MR) is 163 cm³/mol. The van der Waals surface area contributed by atoms with Crippen LogP contribution in [0.25, 0.3) is 0 Å². The molecule has 3 N–H and O–H groups in total. The molecule has 2 aliphatic heterocycles. The maximum Gasteiger partial charge on any atom is 0.308 e. The van der Waals surface area contributed by atoms with Crippen molar-refractivity contribution >= 4 is 41.5 Å². The Morgan fingerprint density at radius 1 is 0.956 bits per heavy atom. The summed E-state index contributed by atoms with van der Waals surface area (Å²) in [6, 6.07) is -3.93. The largest absolute Gasteiger partial charge is 0.481 e. The van der Waals surface area contributed by atoms with Gasteiger partial charge in [0, 0.05) is 33.6 Å². The molecule has 0 aromatic carbocycles. The third-order valence-corrected chi connectivity index (χ3v) is 9.15. The van der Waals surface area contributed by atoms with Crippen LogP contribution in [0.4, 0.5) is 0 Å². The Labute approximate surface area is 265 Å². The van der Waals surface area contributed by atoms with Crippen LogP contribution < -0.4 is 10.6 Å². The van der Waals surface area contributed by atoms with Gasteiger partial charge < -0.3 is 35.2 Å². The first-order valence-electron chi connectivity index (χ1n) is 15.8. The van der Waals surface area contributed by atoms with Gasteiger partial charge in [0.05, 0.1) is 12.3 Å². The number of ether oxygens (including phenoxy) is 1. The molecule has 0 unspecified atom stereocenters. The number of nitrogens with one attached hydrogen (secondary N) is 2. The third kappa shape index (κ3) is 8.94. The first kappa shape index (κ1) is 37.5. The zero-order chi connectivity index (χ0) is 34.3. The van der Waals surface area contributed by atoms with Gasteiger partial charge in [-0.25, -0.2) is 0 Å². The van der Waals surface area contributed by atoms with E-state index in [0.29, 0.717) is 12.8 Å². The Kier molecular flexibility index (Phi) is 13.3. The lowest BCUT2D eigenvalue weighted by molar-refractivity contribution is -0.164. The lowest BCUT2D eigenvalue weighted by Gasteiger charge is -2.38. The first-order chi connectivity index (χ1) is 20.9. The second-order valence-corrected chi connectivity index (χ2v) is 12.9. The molecule has 0 aromatic heterocycles. The van der Waals surface area contributed by atoms with Gasteiger partial charge in [-0.3, -0.25) is 33.6 Å². The van der Waals surface area contributed by atoms with Crippen LogP contribution in [-0.2, 0) is 38.3 Å². The number of amides is 5. The molecule has 2 heterocycles. The fraction of sp³-hybridized carbons (Fsp3) is 0.774. The van der Waals surface area contributed by atoms with Crippen molar-refractivity contribution in [1.29, 1.82) is 0 Å². The summed E-state index contributed by atoms with van der Waals surface area (Å²) in [6.45, 7) is 12.0. The summed E-state index contributed by atoms with van der Waals surface area (Å²) in [7, 11) is 2.96. The predicted octanol–water partition coefficient (Wildman–Crippen LogP) is 0.627. The molecule has 45 heavy (non-hydrogen) atoms. The van der Waals surface area contributed by atoms with E-state index < -0.39 is 77.7 Å². The third-order valence-electron chi connectivity index (χ3n) is 9.15. The molecule has 0 aromatic rings. The smallest absolute Gasteiger partial charge is 0.308 e. The number of nitrogens with zero attached hydrogens (tertiary/aromatic N) is 3. The second kappa shape index (κ2) is 16.0. The average Bonchev–Trinajstić information content (AvgIpc) is 3.37. The zero-order valence-electron chi connectivity index (χ0n) is 28.0. The second-order valence-electron chi connectivity index (χ2n) is 12.9.